The fraction of sp³-hybridized carbons (Fsp3) is 0.364. The van der Waals surface area contributed by atoms with Crippen molar-refractivity contribution in [2.24, 2.45) is 0 Å². The van der Waals surface area contributed by atoms with E-state index in [1.807, 2.05) is 32.9 Å². The molecule has 0 heterocycles. The molecule has 0 saturated carbocycles. The van der Waals surface area contributed by atoms with Crippen molar-refractivity contribution in [1.29, 1.82) is 0 Å². The molecule has 1 atom stereocenters. The molecule has 0 aromatic heterocycles. The summed E-state index contributed by atoms with van der Waals surface area (Å²) in [4.78, 5) is 27.0. The highest BCUT2D eigenvalue weighted by Gasteiger charge is 2.28. The van der Waals surface area contributed by atoms with Gasteiger partial charge in [0.15, 0.2) is 0 Å². The Balaban J connectivity index is 2.30. The van der Waals surface area contributed by atoms with Gasteiger partial charge in [0.1, 0.15) is 11.9 Å². The Morgan fingerprint density at radius 2 is 1.63 bits per heavy atom. The maximum Gasteiger partial charge on any atom is 0.242 e. The number of carbonyl (C=O) groups is 2. The van der Waals surface area contributed by atoms with Crippen molar-refractivity contribution in [1.82, 2.24) is 10.2 Å². The van der Waals surface area contributed by atoms with E-state index < -0.39 is 6.04 Å². The second-order valence-corrected chi connectivity index (χ2v) is 6.86. The third-order valence-electron chi connectivity index (χ3n) is 4.54. The molecule has 144 valence electrons. The van der Waals surface area contributed by atoms with Crippen molar-refractivity contribution in [2.45, 2.75) is 46.2 Å². The van der Waals surface area contributed by atoms with Crippen LogP contribution in [0.15, 0.2) is 42.5 Å². The van der Waals surface area contributed by atoms with Gasteiger partial charge in [0.05, 0.1) is 6.42 Å². The fourth-order valence-electron chi connectivity index (χ4n) is 3.32. The number of nitrogens with one attached hydrogen (secondary N) is 1. The first-order valence-corrected chi connectivity index (χ1v) is 9.16. The van der Waals surface area contributed by atoms with E-state index in [2.05, 4.69) is 11.4 Å². The van der Waals surface area contributed by atoms with Crippen LogP contribution in [-0.2, 0) is 22.6 Å². The van der Waals surface area contributed by atoms with E-state index in [-0.39, 0.29) is 30.6 Å². The number of amides is 2. The summed E-state index contributed by atoms with van der Waals surface area (Å²) in [6, 6.07) is 11.5. The van der Waals surface area contributed by atoms with Crippen molar-refractivity contribution in [2.75, 3.05) is 7.05 Å². The van der Waals surface area contributed by atoms with Crippen molar-refractivity contribution in [3.05, 3.63) is 70.5 Å². The summed E-state index contributed by atoms with van der Waals surface area (Å²) in [7, 11) is 1.56. The van der Waals surface area contributed by atoms with Gasteiger partial charge in [-0.1, -0.05) is 48.4 Å². The van der Waals surface area contributed by atoms with Gasteiger partial charge < -0.3 is 10.2 Å². The highest BCUT2D eigenvalue weighted by atomic mass is 19.1. The van der Waals surface area contributed by atoms with E-state index in [1.165, 1.54) is 12.1 Å². The van der Waals surface area contributed by atoms with Crippen LogP contribution in [-0.4, -0.2) is 29.8 Å². The number of hydrogen-bond donors (Lipinski definition) is 1. The molecule has 0 fully saturated rings. The Labute approximate surface area is 160 Å². The maximum absolute atomic E-state index is 13.2. The minimum absolute atomic E-state index is 0.125. The summed E-state index contributed by atoms with van der Waals surface area (Å²) in [6.07, 6.45) is 0.719. The topological polar surface area (TPSA) is 49.4 Å². The number of benzene rings is 2. The zero-order valence-electron chi connectivity index (χ0n) is 16.4. The van der Waals surface area contributed by atoms with Gasteiger partial charge in [-0.3, -0.25) is 9.59 Å². The third kappa shape index (κ3) is 5.64. The van der Waals surface area contributed by atoms with Crippen LogP contribution in [0.4, 0.5) is 4.39 Å². The SMILES string of the molecule is CCC(C(=O)NC)N(Cc1ccc(F)cc1)C(=O)Cc1cc(C)cc(C)c1. The standard InChI is InChI=1S/C22H27FN2O2/c1-5-20(22(27)24-4)25(14-17-6-8-19(23)9-7-17)21(26)13-18-11-15(2)10-16(3)12-18/h6-12,20H,5,13-14H2,1-4H3,(H,24,27). The molecule has 0 saturated heterocycles. The van der Waals surface area contributed by atoms with E-state index in [1.54, 1.807) is 24.1 Å². The minimum atomic E-state index is -0.571. The van der Waals surface area contributed by atoms with Gasteiger partial charge in [-0.2, -0.15) is 0 Å². The number of likely N-dealkylation sites (N-methyl/N-ethyl adjacent to an activating group) is 1. The van der Waals surface area contributed by atoms with Crippen molar-refractivity contribution in [3.63, 3.8) is 0 Å². The van der Waals surface area contributed by atoms with E-state index in [4.69, 9.17) is 0 Å². The highest BCUT2D eigenvalue weighted by molar-refractivity contribution is 5.88. The van der Waals surface area contributed by atoms with Crippen LogP contribution >= 0.6 is 0 Å². The summed E-state index contributed by atoms with van der Waals surface area (Å²) >= 11 is 0. The maximum atomic E-state index is 13.2. The number of aryl methyl sites for hydroxylation is 2. The number of rotatable bonds is 7. The van der Waals surface area contributed by atoms with Crippen molar-refractivity contribution in [3.8, 4) is 0 Å². The predicted octanol–water partition coefficient (Wildman–Crippen LogP) is 3.54. The van der Waals surface area contributed by atoms with Crippen LogP contribution in [0.2, 0.25) is 0 Å². The van der Waals surface area contributed by atoms with Crippen LogP contribution in [0.5, 0.6) is 0 Å². The van der Waals surface area contributed by atoms with Crippen LogP contribution < -0.4 is 5.32 Å². The van der Waals surface area contributed by atoms with E-state index in [0.717, 1.165) is 22.3 Å². The fourth-order valence-corrected chi connectivity index (χ4v) is 3.32. The first kappa shape index (κ1) is 20.6. The molecule has 27 heavy (non-hydrogen) atoms. The lowest BCUT2D eigenvalue weighted by Crippen LogP contribution is -2.48. The van der Waals surface area contributed by atoms with Crippen molar-refractivity contribution >= 4 is 11.8 Å². The van der Waals surface area contributed by atoms with E-state index in [0.29, 0.717) is 6.42 Å². The molecule has 2 aromatic rings. The van der Waals surface area contributed by atoms with Crippen molar-refractivity contribution < 1.29 is 14.0 Å². The summed E-state index contributed by atoms with van der Waals surface area (Å²) in [5, 5.41) is 2.64. The Bertz CT molecular complexity index is 782. The van der Waals surface area contributed by atoms with Gasteiger partial charge in [0.25, 0.3) is 0 Å². The van der Waals surface area contributed by atoms with Gasteiger partial charge in [-0.05, 0) is 43.5 Å². The quantitative estimate of drug-likeness (QED) is 0.810. The average molecular weight is 370 g/mol. The zero-order chi connectivity index (χ0) is 20.0. The molecule has 0 aliphatic rings. The summed E-state index contributed by atoms with van der Waals surface area (Å²) < 4.78 is 13.2. The molecule has 0 aliphatic heterocycles. The van der Waals surface area contributed by atoms with Crippen LogP contribution in [0.3, 0.4) is 0 Å². The molecule has 0 bridgehead atoms. The molecule has 0 aliphatic carbocycles. The normalized spacial score (nSPS) is 11.7. The lowest BCUT2D eigenvalue weighted by atomic mass is 10.0. The number of carbonyl (C=O) groups excluding carboxylic acids is 2. The monoisotopic (exact) mass is 370 g/mol. The molecule has 1 unspecified atom stereocenters. The molecule has 0 spiro atoms. The van der Waals surface area contributed by atoms with Crippen LogP contribution in [0.1, 0.15) is 35.6 Å². The lowest BCUT2D eigenvalue weighted by Gasteiger charge is -2.30. The molecule has 2 amide bonds. The lowest BCUT2D eigenvalue weighted by molar-refractivity contribution is -0.140. The molecular formula is C22H27FN2O2. The summed E-state index contributed by atoms with van der Waals surface area (Å²) in [5.74, 6) is -0.654. The Morgan fingerprint density at radius 1 is 1.04 bits per heavy atom. The number of hydrogen-bond acceptors (Lipinski definition) is 2. The number of halogens is 1. The Morgan fingerprint density at radius 3 is 2.15 bits per heavy atom. The van der Waals surface area contributed by atoms with Crippen LogP contribution in [0.25, 0.3) is 0 Å². The molecule has 2 aromatic carbocycles. The van der Waals surface area contributed by atoms with E-state index in [9.17, 15) is 14.0 Å². The smallest absolute Gasteiger partial charge is 0.242 e. The van der Waals surface area contributed by atoms with Gasteiger partial charge in [0, 0.05) is 13.6 Å². The van der Waals surface area contributed by atoms with Gasteiger partial charge in [-0.25, -0.2) is 4.39 Å². The predicted molar refractivity (Wildman–Crippen MR) is 105 cm³/mol. The summed E-state index contributed by atoms with van der Waals surface area (Å²) in [6.45, 7) is 6.13. The van der Waals surface area contributed by atoms with Gasteiger partial charge >= 0.3 is 0 Å². The summed E-state index contributed by atoms with van der Waals surface area (Å²) in [5.41, 5.74) is 3.91. The largest absolute Gasteiger partial charge is 0.357 e. The molecule has 1 N–H and O–H groups in total. The number of nitrogens with zero attached hydrogens (tertiary/aromatic N) is 1. The van der Waals surface area contributed by atoms with Gasteiger partial charge in [-0.15, -0.1) is 0 Å². The van der Waals surface area contributed by atoms with E-state index >= 15 is 0 Å². The molecular weight excluding hydrogens is 343 g/mol. The second kappa shape index (κ2) is 9.31. The molecule has 0 radical (unpaired) electrons. The first-order chi connectivity index (χ1) is 12.8. The minimum Gasteiger partial charge on any atom is -0.357 e. The zero-order valence-corrected chi connectivity index (χ0v) is 16.4. The van der Waals surface area contributed by atoms with Crippen LogP contribution in [0, 0.1) is 19.7 Å². The molecule has 4 nitrogen and oxygen atoms in total. The van der Waals surface area contributed by atoms with Gasteiger partial charge in [0.2, 0.25) is 11.8 Å². The Hall–Kier alpha value is -2.69. The third-order valence-corrected chi connectivity index (χ3v) is 4.54. The highest BCUT2D eigenvalue weighted by Crippen LogP contribution is 2.16. The molecule has 5 heteroatoms. The molecule has 2 rings (SSSR count). The first-order valence-electron chi connectivity index (χ1n) is 9.16. The second-order valence-electron chi connectivity index (χ2n) is 6.86. The average Bonchev–Trinajstić information content (AvgIpc) is 2.61. The Kier molecular flexibility index (Phi) is 7.11.